The van der Waals surface area contributed by atoms with Crippen LogP contribution in [0, 0.1) is 6.92 Å². The number of hydrogen-bond donors (Lipinski definition) is 2. The number of nitrogens with one attached hydrogen (secondary N) is 2. The van der Waals surface area contributed by atoms with E-state index in [9.17, 15) is 14.4 Å². The lowest BCUT2D eigenvalue weighted by Gasteiger charge is -2.16. The third-order valence-corrected chi connectivity index (χ3v) is 5.30. The van der Waals surface area contributed by atoms with Gasteiger partial charge in [-0.15, -0.1) is 0 Å². The molecular weight excluding hydrogens is 372 g/mol. The fourth-order valence-corrected chi connectivity index (χ4v) is 3.76. The second-order valence-corrected chi connectivity index (χ2v) is 7.35. The molecule has 2 N–H and O–H groups in total. The molecule has 2 fully saturated rings. The van der Waals surface area contributed by atoms with Crippen molar-refractivity contribution in [1.82, 2.24) is 9.88 Å². The van der Waals surface area contributed by atoms with E-state index in [0.29, 0.717) is 43.2 Å². The third-order valence-electron chi connectivity index (χ3n) is 5.30. The highest BCUT2D eigenvalue weighted by atomic mass is 16.5. The Kier molecular flexibility index (Phi) is 5.35. The summed E-state index contributed by atoms with van der Waals surface area (Å²) in [5.74, 6) is -0.461. The fourth-order valence-electron chi connectivity index (χ4n) is 3.76. The number of nitrogens with zero attached hydrogens (tertiary/aromatic N) is 2. The summed E-state index contributed by atoms with van der Waals surface area (Å²) in [5, 5.41) is 5.55. The number of ether oxygens (including phenoxy) is 1. The van der Waals surface area contributed by atoms with Crippen LogP contribution in [0.3, 0.4) is 0 Å². The van der Waals surface area contributed by atoms with Gasteiger partial charge in [-0.25, -0.2) is 4.79 Å². The lowest BCUT2D eigenvalue weighted by molar-refractivity contribution is 0.0952. The van der Waals surface area contributed by atoms with Gasteiger partial charge in [0.25, 0.3) is 11.5 Å². The summed E-state index contributed by atoms with van der Waals surface area (Å²) >= 11 is 0. The molecule has 2 aromatic rings. The highest BCUT2D eigenvalue weighted by Crippen LogP contribution is 2.21. The molecule has 0 radical (unpaired) electrons. The van der Waals surface area contributed by atoms with Gasteiger partial charge in [0.15, 0.2) is 0 Å². The topological polar surface area (TPSA) is 92.7 Å². The molecule has 2 aliphatic heterocycles. The molecule has 8 nitrogen and oxygen atoms in total. The van der Waals surface area contributed by atoms with E-state index < -0.39 is 5.91 Å². The van der Waals surface area contributed by atoms with Gasteiger partial charge in [0, 0.05) is 37.3 Å². The van der Waals surface area contributed by atoms with Crippen LogP contribution < -0.4 is 21.1 Å². The number of aryl methyl sites for hydroxylation is 1. The van der Waals surface area contributed by atoms with Crippen LogP contribution in [-0.4, -0.2) is 42.3 Å². The Morgan fingerprint density at radius 3 is 2.90 bits per heavy atom. The van der Waals surface area contributed by atoms with E-state index in [1.807, 2.05) is 6.07 Å². The summed E-state index contributed by atoms with van der Waals surface area (Å²) in [4.78, 5) is 39.3. The maximum absolute atomic E-state index is 12.9. The molecule has 3 amide bonds. The SMILES string of the molecule is Cc1ccn(CC2CCCO2)c(=O)c1C(=O)Nc1cccc(N2CCNC2=O)c1. The van der Waals surface area contributed by atoms with Gasteiger partial charge < -0.3 is 19.9 Å². The number of hydrogen-bond acceptors (Lipinski definition) is 4. The number of carbonyl (C=O) groups is 2. The van der Waals surface area contributed by atoms with Crippen molar-refractivity contribution >= 4 is 23.3 Å². The first kappa shape index (κ1) is 19.2. The Hall–Kier alpha value is -3.13. The lowest BCUT2D eigenvalue weighted by Crippen LogP contribution is -2.33. The first-order valence-corrected chi connectivity index (χ1v) is 9.81. The fraction of sp³-hybridized carbons (Fsp3) is 0.381. The molecule has 1 atom stereocenters. The molecule has 4 rings (SSSR count). The normalized spacial score (nSPS) is 18.7. The van der Waals surface area contributed by atoms with Crippen molar-refractivity contribution in [3.05, 3.63) is 58.0 Å². The van der Waals surface area contributed by atoms with Gasteiger partial charge >= 0.3 is 6.03 Å². The van der Waals surface area contributed by atoms with Crippen LogP contribution in [0.25, 0.3) is 0 Å². The predicted molar refractivity (Wildman–Crippen MR) is 110 cm³/mol. The van der Waals surface area contributed by atoms with E-state index in [0.717, 1.165) is 12.8 Å². The minimum atomic E-state index is -0.461. The van der Waals surface area contributed by atoms with Crippen LogP contribution in [0.4, 0.5) is 16.2 Å². The van der Waals surface area contributed by atoms with E-state index in [1.54, 1.807) is 46.9 Å². The molecule has 1 unspecified atom stereocenters. The van der Waals surface area contributed by atoms with E-state index >= 15 is 0 Å². The van der Waals surface area contributed by atoms with Crippen LogP contribution >= 0.6 is 0 Å². The van der Waals surface area contributed by atoms with E-state index in [1.165, 1.54) is 0 Å². The maximum Gasteiger partial charge on any atom is 0.321 e. The third kappa shape index (κ3) is 4.02. The molecule has 2 aliphatic rings. The molecule has 152 valence electrons. The first-order chi connectivity index (χ1) is 14.0. The standard InChI is InChI=1S/C21H24N4O4/c1-14-7-9-24(13-17-6-3-11-29-17)20(27)18(14)19(26)23-15-4-2-5-16(12-15)25-10-8-22-21(25)28/h2,4-5,7,9,12,17H,3,6,8,10-11,13H2,1H3,(H,22,28)(H,23,26). The second kappa shape index (κ2) is 8.08. The lowest BCUT2D eigenvalue weighted by atomic mass is 10.1. The summed E-state index contributed by atoms with van der Waals surface area (Å²) in [7, 11) is 0. The Bertz CT molecular complexity index is 994. The Morgan fingerprint density at radius 2 is 2.17 bits per heavy atom. The van der Waals surface area contributed by atoms with Gasteiger partial charge in [-0.05, 0) is 49.6 Å². The number of amides is 3. The second-order valence-electron chi connectivity index (χ2n) is 7.35. The van der Waals surface area contributed by atoms with Crippen molar-refractivity contribution < 1.29 is 14.3 Å². The zero-order valence-electron chi connectivity index (χ0n) is 16.3. The summed E-state index contributed by atoms with van der Waals surface area (Å²) in [6.07, 6.45) is 3.63. The molecule has 2 saturated heterocycles. The zero-order valence-corrected chi connectivity index (χ0v) is 16.3. The van der Waals surface area contributed by atoms with Gasteiger partial charge in [0.2, 0.25) is 0 Å². The van der Waals surface area contributed by atoms with Crippen molar-refractivity contribution in [3.63, 3.8) is 0 Å². The number of anilines is 2. The summed E-state index contributed by atoms with van der Waals surface area (Å²) in [6.45, 7) is 4.06. The van der Waals surface area contributed by atoms with Crippen LogP contribution in [0.5, 0.6) is 0 Å². The van der Waals surface area contributed by atoms with Crippen molar-refractivity contribution in [1.29, 1.82) is 0 Å². The van der Waals surface area contributed by atoms with Crippen molar-refractivity contribution in [2.24, 2.45) is 0 Å². The van der Waals surface area contributed by atoms with Gasteiger partial charge in [-0.3, -0.25) is 14.5 Å². The van der Waals surface area contributed by atoms with E-state index in [2.05, 4.69) is 10.6 Å². The van der Waals surface area contributed by atoms with Crippen molar-refractivity contribution in [3.8, 4) is 0 Å². The van der Waals surface area contributed by atoms with Crippen LogP contribution in [0.2, 0.25) is 0 Å². The number of rotatable bonds is 5. The van der Waals surface area contributed by atoms with Crippen LogP contribution in [0.15, 0.2) is 41.3 Å². The number of urea groups is 1. The minimum absolute atomic E-state index is 0.00889. The molecule has 3 heterocycles. The highest BCUT2D eigenvalue weighted by molar-refractivity contribution is 6.05. The molecule has 1 aromatic heterocycles. The zero-order chi connectivity index (χ0) is 20.4. The largest absolute Gasteiger partial charge is 0.376 e. The summed E-state index contributed by atoms with van der Waals surface area (Å²) < 4.78 is 7.16. The average molecular weight is 396 g/mol. The molecule has 8 heteroatoms. The first-order valence-electron chi connectivity index (χ1n) is 9.81. The molecule has 1 aromatic carbocycles. The molecule has 0 saturated carbocycles. The number of benzene rings is 1. The Morgan fingerprint density at radius 1 is 1.31 bits per heavy atom. The number of carbonyl (C=O) groups excluding carboxylic acids is 2. The van der Waals surface area contributed by atoms with E-state index in [4.69, 9.17) is 4.74 Å². The predicted octanol–water partition coefficient (Wildman–Crippen LogP) is 2.12. The van der Waals surface area contributed by atoms with Gasteiger partial charge in [-0.2, -0.15) is 0 Å². The van der Waals surface area contributed by atoms with Gasteiger partial charge in [-0.1, -0.05) is 6.07 Å². The smallest absolute Gasteiger partial charge is 0.321 e. The van der Waals surface area contributed by atoms with Gasteiger partial charge in [0.1, 0.15) is 5.56 Å². The van der Waals surface area contributed by atoms with E-state index in [-0.39, 0.29) is 23.3 Å². The summed E-state index contributed by atoms with van der Waals surface area (Å²) in [6, 6.07) is 8.65. The maximum atomic E-state index is 12.9. The summed E-state index contributed by atoms with van der Waals surface area (Å²) in [5.41, 5.74) is 1.63. The van der Waals surface area contributed by atoms with Crippen LogP contribution in [0.1, 0.15) is 28.8 Å². The van der Waals surface area contributed by atoms with Crippen LogP contribution in [-0.2, 0) is 11.3 Å². The molecule has 0 spiro atoms. The minimum Gasteiger partial charge on any atom is -0.376 e. The quantitative estimate of drug-likeness (QED) is 0.810. The average Bonchev–Trinajstić information content (AvgIpc) is 3.36. The molecule has 0 bridgehead atoms. The Labute approximate surface area is 168 Å². The van der Waals surface area contributed by atoms with Gasteiger partial charge in [0.05, 0.1) is 12.6 Å². The molecular formula is C21H24N4O4. The number of pyridine rings is 1. The Balaban J connectivity index is 1.55. The molecule has 29 heavy (non-hydrogen) atoms. The molecule has 0 aliphatic carbocycles. The monoisotopic (exact) mass is 396 g/mol. The highest BCUT2D eigenvalue weighted by Gasteiger charge is 2.23. The van der Waals surface area contributed by atoms with Crippen molar-refractivity contribution in [2.75, 3.05) is 29.9 Å². The van der Waals surface area contributed by atoms with Crippen molar-refractivity contribution in [2.45, 2.75) is 32.4 Å². The number of aromatic nitrogens is 1.